The van der Waals surface area contributed by atoms with Crippen molar-refractivity contribution in [2.45, 2.75) is 12.5 Å². The van der Waals surface area contributed by atoms with Crippen LogP contribution in [-0.4, -0.2) is 37.0 Å². The number of hydrogen-bond acceptors (Lipinski definition) is 4. The second kappa shape index (κ2) is 7.61. The van der Waals surface area contributed by atoms with Gasteiger partial charge < -0.3 is 15.4 Å². The molecule has 1 aliphatic rings. The molecule has 6 nitrogen and oxygen atoms in total. The first-order chi connectivity index (χ1) is 12.1. The number of ether oxygens (including phenoxy) is 1. The van der Waals surface area contributed by atoms with Crippen molar-refractivity contribution in [1.82, 2.24) is 10.6 Å². The first-order valence-corrected chi connectivity index (χ1v) is 8.05. The van der Waals surface area contributed by atoms with Crippen LogP contribution in [-0.2, 0) is 16.0 Å². The summed E-state index contributed by atoms with van der Waals surface area (Å²) in [4.78, 5) is 36.0. The number of nitrogens with one attached hydrogen (secondary N) is 2. The topological polar surface area (TPSA) is 84.5 Å². The number of amides is 2. The van der Waals surface area contributed by atoms with Crippen molar-refractivity contribution in [3.05, 3.63) is 71.3 Å². The van der Waals surface area contributed by atoms with E-state index in [-0.39, 0.29) is 24.9 Å². The molecule has 0 aliphatic carbocycles. The summed E-state index contributed by atoms with van der Waals surface area (Å²) < 4.78 is 5.18. The Morgan fingerprint density at radius 1 is 0.960 bits per heavy atom. The normalized spacial score (nSPS) is 15.7. The van der Waals surface area contributed by atoms with Gasteiger partial charge in [-0.3, -0.25) is 9.59 Å². The van der Waals surface area contributed by atoms with E-state index in [0.717, 1.165) is 5.56 Å². The highest BCUT2D eigenvalue weighted by atomic mass is 16.5. The summed E-state index contributed by atoms with van der Waals surface area (Å²) in [6, 6.07) is 15.9. The Morgan fingerprint density at radius 3 is 2.44 bits per heavy atom. The molecule has 0 radical (unpaired) electrons. The van der Waals surface area contributed by atoms with Crippen molar-refractivity contribution in [3.8, 4) is 0 Å². The van der Waals surface area contributed by atoms with Gasteiger partial charge in [-0.25, -0.2) is 4.79 Å². The van der Waals surface area contributed by atoms with E-state index in [4.69, 9.17) is 4.74 Å². The number of benzene rings is 2. The molecule has 0 bridgehead atoms. The Morgan fingerprint density at radius 2 is 1.64 bits per heavy atom. The van der Waals surface area contributed by atoms with Gasteiger partial charge in [-0.05, 0) is 23.8 Å². The lowest BCUT2D eigenvalue weighted by molar-refractivity contribution is -0.130. The average molecular weight is 338 g/mol. The van der Waals surface area contributed by atoms with Crippen LogP contribution >= 0.6 is 0 Å². The van der Waals surface area contributed by atoms with Crippen molar-refractivity contribution < 1.29 is 19.1 Å². The van der Waals surface area contributed by atoms with E-state index < -0.39 is 12.1 Å². The fourth-order valence-electron chi connectivity index (χ4n) is 2.64. The molecule has 2 N–H and O–H groups in total. The van der Waals surface area contributed by atoms with Gasteiger partial charge in [0.25, 0.3) is 11.8 Å². The molecular formula is C19H18N2O4. The minimum atomic E-state index is -0.841. The van der Waals surface area contributed by atoms with Gasteiger partial charge in [0.1, 0.15) is 0 Å². The molecule has 2 aromatic rings. The summed E-state index contributed by atoms with van der Waals surface area (Å²) in [6.07, 6.45) is -0.489. The minimum Gasteiger partial charge on any atom is -0.448 e. The zero-order valence-corrected chi connectivity index (χ0v) is 13.5. The molecule has 6 heteroatoms. The first kappa shape index (κ1) is 16.7. The van der Waals surface area contributed by atoms with Crippen LogP contribution in [0.4, 0.5) is 0 Å². The molecule has 0 fully saturated rings. The van der Waals surface area contributed by atoms with Gasteiger partial charge in [0.15, 0.2) is 6.10 Å². The lowest BCUT2D eigenvalue weighted by Gasteiger charge is -2.23. The molecule has 3 rings (SSSR count). The summed E-state index contributed by atoms with van der Waals surface area (Å²) >= 11 is 0. The second-order valence-corrected chi connectivity index (χ2v) is 5.67. The van der Waals surface area contributed by atoms with Crippen LogP contribution in [0.3, 0.4) is 0 Å². The average Bonchev–Trinajstić information content (AvgIpc) is 2.65. The number of cyclic esters (lactones) is 1. The molecule has 0 spiro atoms. The van der Waals surface area contributed by atoms with Gasteiger partial charge in [-0.15, -0.1) is 0 Å². The maximum atomic E-state index is 12.2. The van der Waals surface area contributed by atoms with Gasteiger partial charge >= 0.3 is 5.97 Å². The summed E-state index contributed by atoms with van der Waals surface area (Å²) in [6.45, 7) is 0.545. The number of carbonyl (C=O) groups is 3. The Kier molecular flexibility index (Phi) is 5.09. The van der Waals surface area contributed by atoms with Gasteiger partial charge in [0.2, 0.25) is 0 Å². The molecular weight excluding hydrogens is 320 g/mol. The molecule has 0 saturated heterocycles. The van der Waals surface area contributed by atoms with Crippen LogP contribution in [0.5, 0.6) is 0 Å². The van der Waals surface area contributed by atoms with E-state index in [1.807, 2.05) is 18.2 Å². The molecule has 1 unspecified atom stereocenters. The van der Waals surface area contributed by atoms with Gasteiger partial charge in [-0.2, -0.15) is 0 Å². The van der Waals surface area contributed by atoms with E-state index in [2.05, 4.69) is 10.6 Å². The fraction of sp³-hybridized carbons (Fsp3) is 0.211. The summed E-state index contributed by atoms with van der Waals surface area (Å²) in [5.41, 5.74) is 1.87. The quantitative estimate of drug-likeness (QED) is 0.636. The predicted octanol–water partition coefficient (Wildman–Crippen LogP) is 1.31. The molecule has 128 valence electrons. The second-order valence-electron chi connectivity index (χ2n) is 5.67. The molecule has 2 aromatic carbocycles. The van der Waals surface area contributed by atoms with Crippen LogP contribution in [0, 0.1) is 0 Å². The predicted molar refractivity (Wildman–Crippen MR) is 91.1 cm³/mol. The highest BCUT2D eigenvalue weighted by Gasteiger charge is 2.30. The molecule has 0 aromatic heterocycles. The maximum Gasteiger partial charge on any atom is 0.339 e. The standard InChI is InChI=1S/C19H18N2O4/c22-17(13-6-2-1-3-7-13)20-10-11-21-18(23)16-12-14-8-4-5-9-15(14)19(24)25-16/h1-9,16H,10-12H2,(H,20,22)(H,21,23). The lowest BCUT2D eigenvalue weighted by Crippen LogP contribution is -2.44. The third-order valence-corrected chi connectivity index (χ3v) is 3.93. The van der Waals surface area contributed by atoms with Crippen molar-refractivity contribution in [1.29, 1.82) is 0 Å². The molecule has 1 heterocycles. The Hall–Kier alpha value is -3.15. The molecule has 1 atom stereocenters. The zero-order chi connectivity index (χ0) is 17.6. The summed E-state index contributed by atoms with van der Waals surface area (Å²) in [5.74, 6) is -1.05. The zero-order valence-electron chi connectivity index (χ0n) is 13.5. The van der Waals surface area contributed by atoms with E-state index in [1.54, 1.807) is 36.4 Å². The van der Waals surface area contributed by atoms with Crippen molar-refractivity contribution in [2.24, 2.45) is 0 Å². The van der Waals surface area contributed by atoms with E-state index in [9.17, 15) is 14.4 Å². The maximum absolute atomic E-state index is 12.2. The first-order valence-electron chi connectivity index (χ1n) is 8.05. The third kappa shape index (κ3) is 4.03. The lowest BCUT2D eigenvalue weighted by atomic mass is 9.98. The van der Waals surface area contributed by atoms with Crippen LogP contribution in [0.1, 0.15) is 26.3 Å². The van der Waals surface area contributed by atoms with Crippen molar-refractivity contribution >= 4 is 17.8 Å². The number of hydrogen-bond donors (Lipinski definition) is 2. The number of rotatable bonds is 5. The number of esters is 1. The smallest absolute Gasteiger partial charge is 0.339 e. The van der Waals surface area contributed by atoms with Gasteiger partial charge in [0, 0.05) is 25.1 Å². The summed E-state index contributed by atoms with van der Waals surface area (Å²) in [7, 11) is 0. The fourth-order valence-corrected chi connectivity index (χ4v) is 2.64. The molecule has 1 aliphatic heterocycles. The molecule has 2 amide bonds. The van der Waals surface area contributed by atoms with Crippen LogP contribution < -0.4 is 10.6 Å². The van der Waals surface area contributed by atoms with Crippen molar-refractivity contribution in [3.63, 3.8) is 0 Å². The number of carbonyl (C=O) groups excluding carboxylic acids is 3. The van der Waals surface area contributed by atoms with Gasteiger partial charge in [-0.1, -0.05) is 36.4 Å². The molecule has 25 heavy (non-hydrogen) atoms. The van der Waals surface area contributed by atoms with Crippen molar-refractivity contribution in [2.75, 3.05) is 13.1 Å². The highest BCUT2D eigenvalue weighted by Crippen LogP contribution is 2.20. The Balaban J connectivity index is 1.46. The third-order valence-electron chi connectivity index (χ3n) is 3.93. The monoisotopic (exact) mass is 338 g/mol. The molecule has 0 saturated carbocycles. The van der Waals surface area contributed by atoms with E-state index >= 15 is 0 Å². The van der Waals surface area contributed by atoms with Crippen LogP contribution in [0.15, 0.2) is 54.6 Å². The number of fused-ring (bicyclic) bond motifs is 1. The van der Waals surface area contributed by atoms with Gasteiger partial charge in [0.05, 0.1) is 5.56 Å². The Labute approximate surface area is 145 Å². The SMILES string of the molecule is O=C(NCCNC(=O)C1Cc2ccccc2C(=O)O1)c1ccccc1. The minimum absolute atomic E-state index is 0.201. The van der Waals surface area contributed by atoms with Crippen LogP contribution in [0.2, 0.25) is 0 Å². The highest BCUT2D eigenvalue weighted by molar-refractivity contribution is 5.96. The van der Waals surface area contributed by atoms with E-state index in [1.165, 1.54) is 0 Å². The largest absolute Gasteiger partial charge is 0.448 e. The van der Waals surface area contributed by atoms with E-state index in [0.29, 0.717) is 17.5 Å². The van der Waals surface area contributed by atoms with Crippen LogP contribution in [0.25, 0.3) is 0 Å². The summed E-state index contributed by atoms with van der Waals surface area (Å²) in [5, 5.41) is 5.40. The Bertz CT molecular complexity index is 789.